The van der Waals surface area contributed by atoms with E-state index in [0.717, 1.165) is 17.4 Å². The summed E-state index contributed by atoms with van der Waals surface area (Å²) in [4.78, 5) is 6.33. The van der Waals surface area contributed by atoms with Crippen LogP contribution in [0.4, 0.5) is 4.39 Å². The van der Waals surface area contributed by atoms with Gasteiger partial charge >= 0.3 is 0 Å². The zero-order valence-electron chi connectivity index (χ0n) is 13.6. The molecular weight excluding hydrogens is 394 g/mol. The van der Waals surface area contributed by atoms with Gasteiger partial charge in [-0.1, -0.05) is 19.1 Å². The summed E-state index contributed by atoms with van der Waals surface area (Å²) in [6.45, 7) is 2.90. The zero-order chi connectivity index (χ0) is 15.4. The van der Waals surface area contributed by atoms with E-state index in [1.807, 2.05) is 20.2 Å². The number of benzene rings is 1. The molecule has 2 rings (SSSR count). The Balaban J connectivity index is 0.00000242. The maximum Gasteiger partial charge on any atom is 0.191 e. The minimum absolute atomic E-state index is 0. The van der Waals surface area contributed by atoms with Crippen molar-refractivity contribution >= 4 is 29.9 Å². The third kappa shape index (κ3) is 5.39. The zero-order valence-corrected chi connectivity index (χ0v) is 16.0. The minimum atomic E-state index is -0.200. The van der Waals surface area contributed by atoms with Gasteiger partial charge in [0.2, 0.25) is 0 Å². The molecule has 0 heterocycles. The largest absolute Gasteiger partial charge is 0.354 e. The van der Waals surface area contributed by atoms with Crippen LogP contribution >= 0.6 is 24.0 Å². The van der Waals surface area contributed by atoms with E-state index in [1.165, 1.54) is 12.5 Å². The normalized spacial score (nSPS) is 22.0. The smallest absolute Gasteiger partial charge is 0.191 e. The van der Waals surface area contributed by atoms with Gasteiger partial charge in [0.1, 0.15) is 5.82 Å². The summed E-state index contributed by atoms with van der Waals surface area (Å²) in [5, 5.41) is 6.73. The number of guanidine groups is 1. The van der Waals surface area contributed by atoms with Gasteiger partial charge in [0.25, 0.3) is 0 Å². The fourth-order valence-electron chi connectivity index (χ4n) is 2.40. The fourth-order valence-corrected chi connectivity index (χ4v) is 2.40. The number of hydrogen-bond acceptors (Lipinski definition) is 2. The second kappa shape index (κ2) is 8.67. The number of hydrogen-bond donors (Lipinski definition) is 2. The number of nitrogens with zero attached hydrogens (tertiary/aromatic N) is 2. The van der Waals surface area contributed by atoms with Gasteiger partial charge in [-0.15, -0.1) is 24.0 Å². The first-order chi connectivity index (χ1) is 10.0. The Kier molecular flexibility index (Phi) is 7.55. The summed E-state index contributed by atoms with van der Waals surface area (Å²) in [6.07, 6.45) is 1.20. The van der Waals surface area contributed by atoms with E-state index in [2.05, 4.69) is 27.4 Å². The van der Waals surface area contributed by atoms with Gasteiger partial charge in [-0.2, -0.15) is 0 Å². The fraction of sp³-hybridized carbons (Fsp3) is 0.562. The second-order valence-corrected chi connectivity index (χ2v) is 5.95. The summed E-state index contributed by atoms with van der Waals surface area (Å²) in [5.41, 5.74) is 0.961. The van der Waals surface area contributed by atoms with E-state index in [9.17, 15) is 4.39 Å². The van der Waals surface area contributed by atoms with E-state index >= 15 is 0 Å². The molecular formula is C16H26FIN4. The highest BCUT2D eigenvalue weighted by atomic mass is 127. The Bertz CT molecular complexity index is 507. The Morgan fingerprint density at radius 2 is 2.14 bits per heavy atom. The van der Waals surface area contributed by atoms with Crippen LogP contribution in [-0.4, -0.2) is 44.6 Å². The summed E-state index contributed by atoms with van der Waals surface area (Å²) in [7, 11) is 5.77. The molecule has 2 N–H and O–H groups in total. The minimum Gasteiger partial charge on any atom is -0.354 e. The molecule has 124 valence electrons. The Morgan fingerprint density at radius 1 is 1.45 bits per heavy atom. The lowest BCUT2D eigenvalue weighted by Gasteiger charge is -2.26. The Morgan fingerprint density at radius 3 is 2.64 bits per heavy atom. The van der Waals surface area contributed by atoms with Crippen LogP contribution in [0.25, 0.3) is 0 Å². The van der Waals surface area contributed by atoms with E-state index in [1.54, 1.807) is 19.2 Å². The van der Waals surface area contributed by atoms with Gasteiger partial charge in [-0.05, 0) is 44.1 Å². The van der Waals surface area contributed by atoms with Crippen LogP contribution in [0.15, 0.2) is 29.3 Å². The number of nitrogens with one attached hydrogen (secondary N) is 2. The van der Waals surface area contributed by atoms with Crippen molar-refractivity contribution in [3.63, 3.8) is 0 Å². The number of halogens is 2. The van der Waals surface area contributed by atoms with Crippen molar-refractivity contribution in [3.05, 3.63) is 35.6 Å². The third-order valence-corrected chi connectivity index (χ3v) is 3.97. The summed E-state index contributed by atoms with van der Waals surface area (Å²) in [6, 6.07) is 7.39. The van der Waals surface area contributed by atoms with Gasteiger partial charge in [0.15, 0.2) is 5.96 Å². The summed E-state index contributed by atoms with van der Waals surface area (Å²) in [5.74, 6) is 1.33. The Hall–Kier alpha value is -0.890. The van der Waals surface area contributed by atoms with Crippen molar-refractivity contribution in [2.45, 2.75) is 25.4 Å². The quantitative estimate of drug-likeness (QED) is 0.437. The molecule has 0 spiro atoms. The molecule has 22 heavy (non-hydrogen) atoms. The van der Waals surface area contributed by atoms with Gasteiger partial charge in [-0.25, -0.2) is 4.39 Å². The average molecular weight is 420 g/mol. The second-order valence-electron chi connectivity index (χ2n) is 5.95. The molecule has 0 bridgehead atoms. The van der Waals surface area contributed by atoms with Gasteiger partial charge in [0.05, 0.1) is 6.04 Å². The molecule has 4 nitrogen and oxygen atoms in total. The highest BCUT2D eigenvalue weighted by Crippen LogP contribution is 2.28. The van der Waals surface area contributed by atoms with E-state index in [4.69, 9.17) is 0 Å². The summed E-state index contributed by atoms with van der Waals surface area (Å²) >= 11 is 0. The SMILES string of the molecule is CN=C(NCC(c1cccc(F)c1)N(C)C)NC1CC1C.I. The first-order valence-electron chi connectivity index (χ1n) is 7.40. The predicted molar refractivity (Wildman–Crippen MR) is 100 cm³/mol. The third-order valence-electron chi connectivity index (χ3n) is 3.97. The topological polar surface area (TPSA) is 39.7 Å². The van der Waals surface area contributed by atoms with Crippen LogP contribution in [0.3, 0.4) is 0 Å². The first kappa shape index (κ1) is 19.2. The van der Waals surface area contributed by atoms with Crippen molar-refractivity contribution in [2.75, 3.05) is 27.7 Å². The van der Waals surface area contributed by atoms with Crippen LogP contribution in [0.2, 0.25) is 0 Å². The van der Waals surface area contributed by atoms with Crippen LogP contribution in [-0.2, 0) is 0 Å². The van der Waals surface area contributed by atoms with Crippen LogP contribution in [0, 0.1) is 11.7 Å². The molecule has 0 saturated heterocycles. The molecule has 0 radical (unpaired) electrons. The maximum atomic E-state index is 13.4. The molecule has 0 amide bonds. The molecule has 0 aromatic heterocycles. The number of likely N-dealkylation sites (N-methyl/N-ethyl adjacent to an activating group) is 1. The summed E-state index contributed by atoms with van der Waals surface area (Å²) < 4.78 is 13.4. The van der Waals surface area contributed by atoms with E-state index < -0.39 is 0 Å². The lowest BCUT2D eigenvalue weighted by Crippen LogP contribution is -2.42. The van der Waals surface area contributed by atoms with Crippen molar-refractivity contribution in [1.82, 2.24) is 15.5 Å². The standard InChI is InChI=1S/C16H25FN4.HI/c1-11-8-14(11)20-16(18-2)19-10-15(21(3)4)12-6-5-7-13(17)9-12;/h5-7,9,11,14-15H,8,10H2,1-4H3,(H2,18,19,20);1H. The molecule has 1 aromatic carbocycles. The number of aliphatic imine (C=N–C) groups is 1. The monoisotopic (exact) mass is 420 g/mol. The highest BCUT2D eigenvalue weighted by Gasteiger charge is 2.33. The Labute approximate surface area is 149 Å². The van der Waals surface area contributed by atoms with Crippen molar-refractivity contribution < 1.29 is 4.39 Å². The molecule has 1 aromatic rings. The molecule has 1 aliphatic carbocycles. The van der Waals surface area contributed by atoms with Gasteiger partial charge in [0, 0.05) is 19.6 Å². The molecule has 0 aliphatic heterocycles. The van der Waals surface area contributed by atoms with Crippen LogP contribution in [0.1, 0.15) is 24.9 Å². The maximum absolute atomic E-state index is 13.4. The molecule has 3 atom stereocenters. The molecule has 3 unspecified atom stereocenters. The van der Waals surface area contributed by atoms with Crippen LogP contribution < -0.4 is 10.6 Å². The van der Waals surface area contributed by atoms with E-state index in [0.29, 0.717) is 12.6 Å². The molecule has 1 aliphatic rings. The van der Waals surface area contributed by atoms with Crippen molar-refractivity contribution in [2.24, 2.45) is 10.9 Å². The van der Waals surface area contributed by atoms with Gasteiger partial charge < -0.3 is 15.5 Å². The van der Waals surface area contributed by atoms with Gasteiger partial charge in [-0.3, -0.25) is 4.99 Å². The highest BCUT2D eigenvalue weighted by molar-refractivity contribution is 14.0. The van der Waals surface area contributed by atoms with Crippen molar-refractivity contribution in [3.8, 4) is 0 Å². The van der Waals surface area contributed by atoms with E-state index in [-0.39, 0.29) is 35.8 Å². The lowest BCUT2D eigenvalue weighted by atomic mass is 10.1. The predicted octanol–water partition coefficient (Wildman–Crippen LogP) is 2.62. The first-order valence-corrected chi connectivity index (χ1v) is 7.40. The van der Waals surface area contributed by atoms with Crippen LogP contribution in [0.5, 0.6) is 0 Å². The molecule has 1 saturated carbocycles. The number of rotatable bonds is 5. The average Bonchev–Trinajstić information content (AvgIpc) is 3.12. The molecule has 1 fully saturated rings. The molecule has 6 heteroatoms. The lowest BCUT2D eigenvalue weighted by molar-refractivity contribution is 0.297. The van der Waals surface area contributed by atoms with Crippen molar-refractivity contribution in [1.29, 1.82) is 0 Å².